The second-order valence-electron chi connectivity index (χ2n) is 4.06. The molecule has 18 heavy (non-hydrogen) atoms. The number of aryl methyl sites for hydroxylation is 1. The highest BCUT2D eigenvalue weighted by atomic mass is 35.5. The summed E-state index contributed by atoms with van der Waals surface area (Å²) in [6.45, 7) is 1.83. The highest BCUT2D eigenvalue weighted by Crippen LogP contribution is 2.24. The molecule has 0 atom stereocenters. The van der Waals surface area contributed by atoms with Crippen molar-refractivity contribution in [1.29, 1.82) is 5.26 Å². The summed E-state index contributed by atoms with van der Waals surface area (Å²) in [6, 6.07) is 10.9. The van der Waals surface area contributed by atoms with Gasteiger partial charge in [-0.3, -0.25) is 4.79 Å². The standard InChI is InChI=1S/C14H11ClN2O/c1-9-6-12(10-4-3-5-11(15)7-10)13(8-16)14(18)17(9)2/h3-7H,1-2H3. The van der Waals surface area contributed by atoms with Gasteiger partial charge in [-0.25, -0.2) is 0 Å². The van der Waals surface area contributed by atoms with Crippen LogP contribution in [0.2, 0.25) is 5.02 Å². The summed E-state index contributed by atoms with van der Waals surface area (Å²) in [6.07, 6.45) is 0. The number of rotatable bonds is 1. The van der Waals surface area contributed by atoms with Gasteiger partial charge in [-0.2, -0.15) is 5.26 Å². The van der Waals surface area contributed by atoms with Crippen molar-refractivity contribution in [2.75, 3.05) is 0 Å². The van der Waals surface area contributed by atoms with Gasteiger partial charge >= 0.3 is 0 Å². The molecule has 1 aromatic carbocycles. The van der Waals surface area contributed by atoms with Crippen LogP contribution in [0.1, 0.15) is 11.3 Å². The van der Waals surface area contributed by atoms with Gasteiger partial charge in [0.25, 0.3) is 5.56 Å². The molecule has 0 N–H and O–H groups in total. The number of nitriles is 1. The van der Waals surface area contributed by atoms with Crippen LogP contribution in [0.15, 0.2) is 35.1 Å². The van der Waals surface area contributed by atoms with E-state index < -0.39 is 0 Å². The summed E-state index contributed by atoms with van der Waals surface area (Å²) in [4.78, 5) is 12.0. The Balaban J connectivity index is 2.81. The molecule has 2 aromatic rings. The Morgan fingerprint density at radius 1 is 1.33 bits per heavy atom. The van der Waals surface area contributed by atoms with E-state index in [1.165, 1.54) is 4.57 Å². The number of benzene rings is 1. The lowest BCUT2D eigenvalue weighted by Crippen LogP contribution is -2.22. The zero-order valence-electron chi connectivity index (χ0n) is 10.1. The van der Waals surface area contributed by atoms with Gasteiger partial charge in [-0.05, 0) is 30.7 Å². The first kappa shape index (κ1) is 12.4. The summed E-state index contributed by atoms with van der Waals surface area (Å²) in [7, 11) is 1.65. The van der Waals surface area contributed by atoms with E-state index in [9.17, 15) is 4.79 Å². The average molecular weight is 259 g/mol. The third-order valence-electron chi connectivity index (χ3n) is 2.92. The normalized spacial score (nSPS) is 10.1. The fraction of sp³-hybridized carbons (Fsp3) is 0.143. The monoisotopic (exact) mass is 258 g/mol. The van der Waals surface area contributed by atoms with Gasteiger partial charge in [0, 0.05) is 23.3 Å². The van der Waals surface area contributed by atoms with Crippen molar-refractivity contribution in [2.45, 2.75) is 6.92 Å². The van der Waals surface area contributed by atoms with Gasteiger partial charge < -0.3 is 4.57 Å². The lowest BCUT2D eigenvalue weighted by atomic mass is 10.0. The second-order valence-corrected chi connectivity index (χ2v) is 4.50. The van der Waals surface area contributed by atoms with E-state index in [-0.39, 0.29) is 11.1 Å². The molecule has 0 aliphatic carbocycles. The first-order chi connectivity index (χ1) is 8.54. The van der Waals surface area contributed by atoms with E-state index in [0.29, 0.717) is 10.6 Å². The Hall–Kier alpha value is -2.05. The smallest absolute Gasteiger partial charge is 0.269 e. The van der Waals surface area contributed by atoms with Crippen molar-refractivity contribution in [3.63, 3.8) is 0 Å². The Kier molecular flexibility index (Phi) is 3.22. The first-order valence-corrected chi connectivity index (χ1v) is 5.79. The maximum absolute atomic E-state index is 12.0. The second kappa shape index (κ2) is 4.67. The molecule has 90 valence electrons. The molecule has 0 amide bonds. The van der Waals surface area contributed by atoms with Crippen LogP contribution >= 0.6 is 11.6 Å². The molecule has 0 bridgehead atoms. The Morgan fingerprint density at radius 3 is 2.67 bits per heavy atom. The number of aromatic nitrogens is 1. The van der Waals surface area contributed by atoms with E-state index >= 15 is 0 Å². The Morgan fingerprint density at radius 2 is 2.06 bits per heavy atom. The van der Waals surface area contributed by atoms with Crippen LogP contribution in [0.25, 0.3) is 11.1 Å². The predicted octanol–water partition coefficient (Wildman–Crippen LogP) is 2.89. The molecule has 0 aliphatic rings. The molecule has 3 nitrogen and oxygen atoms in total. The maximum atomic E-state index is 12.0. The van der Waals surface area contributed by atoms with E-state index in [2.05, 4.69) is 0 Å². The summed E-state index contributed by atoms with van der Waals surface area (Å²) in [5.41, 5.74) is 2.06. The van der Waals surface area contributed by atoms with E-state index in [0.717, 1.165) is 11.3 Å². The van der Waals surface area contributed by atoms with E-state index in [4.69, 9.17) is 16.9 Å². The van der Waals surface area contributed by atoms with Crippen LogP contribution in [0.4, 0.5) is 0 Å². The minimum absolute atomic E-state index is 0.144. The minimum atomic E-state index is -0.285. The highest BCUT2D eigenvalue weighted by Gasteiger charge is 2.12. The van der Waals surface area contributed by atoms with Crippen molar-refractivity contribution in [3.8, 4) is 17.2 Å². The third-order valence-corrected chi connectivity index (χ3v) is 3.15. The molecule has 1 aromatic heterocycles. The Bertz CT molecular complexity index is 711. The van der Waals surface area contributed by atoms with Crippen molar-refractivity contribution >= 4 is 11.6 Å². The summed E-state index contributed by atoms with van der Waals surface area (Å²) < 4.78 is 1.46. The fourth-order valence-corrected chi connectivity index (χ4v) is 2.00. The summed E-state index contributed by atoms with van der Waals surface area (Å²) in [5, 5.41) is 9.73. The van der Waals surface area contributed by atoms with E-state index in [1.807, 2.05) is 25.1 Å². The molecular formula is C14H11ClN2O. The van der Waals surface area contributed by atoms with Crippen LogP contribution in [0.5, 0.6) is 0 Å². The largest absolute Gasteiger partial charge is 0.315 e. The number of halogens is 1. The van der Waals surface area contributed by atoms with Crippen LogP contribution in [0, 0.1) is 18.3 Å². The summed E-state index contributed by atoms with van der Waals surface area (Å²) in [5.74, 6) is 0. The average Bonchev–Trinajstić information content (AvgIpc) is 2.35. The molecule has 2 rings (SSSR count). The van der Waals surface area contributed by atoms with Gasteiger partial charge in [-0.15, -0.1) is 0 Å². The zero-order chi connectivity index (χ0) is 13.3. The molecule has 0 spiro atoms. The molecule has 0 aliphatic heterocycles. The molecule has 0 unspecified atom stereocenters. The molecular weight excluding hydrogens is 248 g/mol. The number of nitrogens with zero attached hydrogens (tertiary/aromatic N) is 2. The minimum Gasteiger partial charge on any atom is -0.315 e. The van der Waals surface area contributed by atoms with Crippen molar-refractivity contribution in [3.05, 3.63) is 57.0 Å². The summed E-state index contributed by atoms with van der Waals surface area (Å²) >= 11 is 5.93. The predicted molar refractivity (Wildman–Crippen MR) is 71.6 cm³/mol. The maximum Gasteiger partial charge on any atom is 0.269 e. The number of hydrogen-bond acceptors (Lipinski definition) is 2. The molecule has 1 heterocycles. The third kappa shape index (κ3) is 2.03. The van der Waals surface area contributed by atoms with Gasteiger partial charge in [0.2, 0.25) is 0 Å². The zero-order valence-corrected chi connectivity index (χ0v) is 10.8. The van der Waals surface area contributed by atoms with Crippen LogP contribution in [-0.4, -0.2) is 4.57 Å². The number of pyridine rings is 1. The van der Waals surface area contributed by atoms with Crippen molar-refractivity contribution in [1.82, 2.24) is 4.57 Å². The topological polar surface area (TPSA) is 45.8 Å². The fourth-order valence-electron chi connectivity index (χ4n) is 1.81. The van der Waals surface area contributed by atoms with Gasteiger partial charge in [0.05, 0.1) is 0 Å². The molecule has 0 radical (unpaired) electrons. The van der Waals surface area contributed by atoms with Crippen LogP contribution < -0.4 is 5.56 Å². The van der Waals surface area contributed by atoms with Gasteiger partial charge in [-0.1, -0.05) is 23.7 Å². The Labute approximate surface area is 110 Å². The number of hydrogen-bond donors (Lipinski definition) is 0. The molecule has 4 heteroatoms. The van der Waals surface area contributed by atoms with Gasteiger partial charge in [0.15, 0.2) is 0 Å². The SMILES string of the molecule is Cc1cc(-c2cccc(Cl)c2)c(C#N)c(=O)n1C. The van der Waals surface area contributed by atoms with Crippen molar-refractivity contribution < 1.29 is 0 Å². The van der Waals surface area contributed by atoms with Crippen molar-refractivity contribution in [2.24, 2.45) is 7.05 Å². The highest BCUT2D eigenvalue weighted by molar-refractivity contribution is 6.30. The van der Waals surface area contributed by atoms with E-state index in [1.54, 1.807) is 25.2 Å². The lowest BCUT2D eigenvalue weighted by Gasteiger charge is -2.09. The lowest BCUT2D eigenvalue weighted by molar-refractivity contribution is 0.816. The van der Waals surface area contributed by atoms with Crippen LogP contribution in [0.3, 0.4) is 0 Å². The molecule has 0 saturated heterocycles. The van der Waals surface area contributed by atoms with Crippen LogP contribution in [-0.2, 0) is 7.05 Å². The van der Waals surface area contributed by atoms with Gasteiger partial charge in [0.1, 0.15) is 11.6 Å². The molecule has 0 saturated carbocycles. The quantitative estimate of drug-likeness (QED) is 0.790. The first-order valence-electron chi connectivity index (χ1n) is 5.41. The molecule has 0 fully saturated rings.